The van der Waals surface area contributed by atoms with E-state index in [0.717, 1.165) is 21.0 Å². The molecule has 9 heteroatoms. The predicted octanol–water partition coefficient (Wildman–Crippen LogP) is 6.36. The van der Waals surface area contributed by atoms with E-state index in [1.165, 1.54) is 16.0 Å². The van der Waals surface area contributed by atoms with Gasteiger partial charge in [-0.2, -0.15) is 9.78 Å². The van der Waals surface area contributed by atoms with Crippen molar-refractivity contribution in [3.63, 3.8) is 0 Å². The zero-order valence-electron chi connectivity index (χ0n) is 15.8. The minimum atomic E-state index is -1.02. The Morgan fingerprint density at radius 2 is 2.11 bits per heavy atom. The molecule has 0 bridgehead atoms. The maximum atomic E-state index is 11.9. The first-order valence-electron chi connectivity index (χ1n) is 8.55. The van der Waals surface area contributed by atoms with E-state index in [0.29, 0.717) is 32.0 Å². The molecule has 0 aliphatic heterocycles. The molecule has 0 saturated heterocycles. The van der Waals surface area contributed by atoms with Crippen LogP contribution in [0, 0.1) is 13.8 Å². The number of carboxylic acid groups (broad SMARTS) is 1. The van der Waals surface area contributed by atoms with Crippen LogP contribution in [-0.2, 0) is 5.33 Å². The smallest absolute Gasteiger partial charge is 0.355 e. The molecule has 5 nitrogen and oxygen atoms in total. The lowest BCUT2D eigenvalue weighted by atomic mass is 10.1. The van der Waals surface area contributed by atoms with Crippen LogP contribution in [0.4, 0.5) is 0 Å². The average Bonchev–Trinajstić information content (AvgIpc) is 3.17. The SMILES string of the molecule is Cc1cc(-c2nc(-n3nc(C)c(CBr)c3C(=O)O)sc2SC(C)C)ccc1Cl. The highest BCUT2D eigenvalue weighted by Crippen LogP contribution is 2.40. The van der Waals surface area contributed by atoms with Crippen LogP contribution < -0.4 is 0 Å². The lowest BCUT2D eigenvalue weighted by Gasteiger charge is -2.06. The van der Waals surface area contributed by atoms with Crippen LogP contribution >= 0.6 is 50.6 Å². The number of aromatic nitrogens is 3. The third-order valence-corrected chi connectivity index (χ3v) is 7.29. The number of thiazole rings is 1. The van der Waals surface area contributed by atoms with Crippen molar-refractivity contribution in [1.29, 1.82) is 0 Å². The Morgan fingerprint density at radius 1 is 1.39 bits per heavy atom. The minimum absolute atomic E-state index is 0.142. The number of nitrogens with zero attached hydrogens (tertiary/aromatic N) is 3. The van der Waals surface area contributed by atoms with Crippen LogP contribution in [0.2, 0.25) is 5.02 Å². The summed E-state index contributed by atoms with van der Waals surface area (Å²) >= 11 is 12.7. The van der Waals surface area contributed by atoms with Gasteiger partial charge in [0.15, 0.2) is 5.69 Å². The van der Waals surface area contributed by atoms with Crippen molar-refractivity contribution >= 4 is 56.6 Å². The topological polar surface area (TPSA) is 68.0 Å². The summed E-state index contributed by atoms with van der Waals surface area (Å²) in [7, 11) is 0. The fraction of sp³-hybridized carbons (Fsp3) is 0.316. The fourth-order valence-electron chi connectivity index (χ4n) is 2.73. The molecule has 0 spiro atoms. The van der Waals surface area contributed by atoms with Gasteiger partial charge in [-0.3, -0.25) is 0 Å². The quantitative estimate of drug-likeness (QED) is 0.315. The normalized spacial score (nSPS) is 11.4. The maximum Gasteiger partial charge on any atom is 0.355 e. The second kappa shape index (κ2) is 8.57. The number of benzene rings is 1. The number of alkyl halides is 1. The Bertz CT molecular complexity index is 1050. The molecule has 148 valence electrons. The third-order valence-electron chi connectivity index (χ3n) is 4.06. The van der Waals surface area contributed by atoms with Crippen LogP contribution in [0.25, 0.3) is 16.4 Å². The van der Waals surface area contributed by atoms with Gasteiger partial charge in [0.25, 0.3) is 0 Å². The van der Waals surface area contributed by atoms with E-state index in [1.54, 1.807) is 18.7 Å². The number of carbonyl (C=O) groups is 1. The Morgan fingerprint density at radius 3 is 2.68 bits per heavy atom. The Kier molecular flexibility index (Phi) is 6.54. The molecule has 3 rings (SSSR count). The summed E-state index contributed by atoms with van der Waals surface area (Å²) in [4.78, 5) is 16.7. The number of aryl methyl sites for hydroxylation is 2. The minimum Gasteiger partial charge on any atom is -0.476 e. The van der Waals surface area contributed by atoms with Crippen molar-refractivity contribution in [3.05, 3.63) is 45.7 Å². The van der Waals surface area contributed by atoms with Gasteiger partial charge >= 0.3 is 5.97 Å². The van der Waals surface area contributed by atoms with Gasteiger partial charge < -0.3 is 5.11 Å². The molecule has 3 aromatic rings. The van der Waals surface area contributed by atoms with Gasteiger partial charge in [-0.05, 0) is 31.5 Å². The van der Waals surface area contributed by atoms with Crippen molar-refractivity contribution in [2.45, 2.75) is 42.5 Å². The summed E-state index contributed by atoms with van der Waals surface area (Å²) in [6, 6.07) is 5.80. The standard InChI is InChI=1S/C19H19BrClN3O2S2/c1-9(2)27-18-15(12-5-6-14(21)10(3)7-12)22-19(28-18)24-16(17(25)26)13(8-20)11(4)23-24/h5-7,9H,8H2,1-4H3,(H,25,26). The maximum absolute atomic E-state index is 11.9. The molecule has 0 unspecified atom stereocenters. The number of halogens is 2. The van der Waals surface area contributed by atoms with Crippen molar-refractivity contribution in [1.82, 2.24) is 14.8 Å². The van der Waals surface area contributed by atoms with Crippen molar-refractivity contribution in [2.24, 2.45) is 0 Å². The number of hydrogen-bond acceptors (Lipinski definition) is 5. The number of hydrogen-bond donors (Lipinski definition) is 1. The van der Waals surface area contributed by atoms with Gasteiger partial charge in [0.05, 0.1) is 15.6 Å². The fourth-order valence-corrected chi connectivity index (χ4v) is 6.00. The number of thioether (sulfide) groups is 1. The zero-order valence-corrected chi connectivity index (χ0v) is 19.8. The van der Waals surface area contributed by atoms with Crippen molar-refractivity contribution < 1.29 is 9.90 Å². The molecule has 0 atom stereocenters. The zero-order chi connectivity index (χ0) is 20.6. The molecule has 0 fully saturated rings. The van der Waals surface area contributed by atoms with Gasteiger partial charge in [-0.15, -0.1) is 11.8 Å². The monoisotopic (exact) mass is 499 g/mol. The first kappa shape index (κ1) is 21.4. The predicted molar refractivity (Wildman–Crippen MR) is 120 cm³/mol. The highest BCUT2D eigenvalue weighted by atomic mass is 79.9. The molecule has 28 heavy (non-hydrogen) atoms. The molecule has 0 aliphatic rings. The third kappa shape index (κ3) is 4.15. The van der Waals surface area contributed by atoms with Gasteiger partial charge in [0.1, 0.15) is 0 Å². The van der Waals surface area contributed by atoms with E-state index < -0.39 is 5.97 Å². The second-order valence-corrected chi connectivity index (χ2v) is 10.3. The van der Waals surface area contributed by atoms with Crippen molar-refractivity contribution in [3.8, 4) is 16.4 Å². The van der Waals surface area contributed by atoms with Crippen LogP contribution in [0.1, 0.15) is 41.2 Å². The molecule has 2 heterocycles. The molecular formula is C19H19BrClN3O2S2. The van der Waals surface area contributed by atoms with Gasteiger partial charge in [-0.25, -0.2) is 9.78 Å². The summed E-state index contributed by atoms with van der Waals surface area (Å²) < 4.78 is 2.46. The largest absolute Gasteiger partial charge is 0.476 e. The molecule has 2 aromatic heterocycles. The highest BCUT2D eigenvalue weighted by molar-refractivity contribution is 9.08. The van der Waals surface area contributed by atoms with E-state index in [-0.39, 0.29) is 5.69 Å². The molecule has 1 N–H and O–H groups in total. The van der Waals surface area contributed by atoms with Crippen molar-refractivity contribution in [2.75, 3.05) is 0 Å². The van der Waals surface area contributed by atoms with Crippen LogP contribution in [-0.4, -0.2) is 31.1 Å². The number of rotatable bonds is 6. The average molecular weight is 501 g/mol. The number of carboxylic acids is 1. The molecule has 0 aliphatic carbocycles. The second-order valence-electron chi connectivity index (χ2n) is 6.53. The lowest BCUT2D eigenvalue weighted by Crippen LogP contribution is -2.09. The van der Waals surface area contributed by atoms with E-state index >= 15 is 0 Å². The van der Waals surface area contributed by atoms with E-state index in [2.05, 4.69) is 34.9 Å². The highest BCUT2D eigenvalue weighted by Gasteiger charge is 2.25. The summed E-state index contributed by atoms with van der Waals surface area (Å²) in [5.74, 6) is -1.02. The molecular weight excluding hydrogens is 482 g/mol. The Balaban J connectivity index is 2.20. The Hall–Kier alpha value is -1.35. The summed E-state index contributed by atoms with van der Waals surface area (Å²) in [5.41, 5.74) is 4.22. The van der Waals surface area contributed by atoms with E-state index in [1.807, 2.05) is 25.1 Å². The van der Waals surface area contributed by atoms with Gasteiger partial charge in [0, 0.05) is 26.7 Å². The summed E-state index contributed by atoms with van der Waals surface area (Å²) in [6.45, 7) is 7.99. The summed E-state index contributed by atoms with van der Waals surface area (Å²) in [6.07, 6.45) is 0. The van der Waals surface area contributed by atoms with E-state index in [4.69, 9.17) is 16.6 Å². The molecule has 0 amide bonds. The van der Waals surface area contributed by atoms with Gasteiger partial charge in [0.2, 0.25) is 5.13 Å². The number of aromatic carboxylic acids is 1. The van der Waals surface area contributed by atoms with E-state index in [9.17, 15) is 9.90 Å². The first-order chi connectivity index (χ1) is 13.2. The molecule has 0 radical (unpaired) electrons. The lowest BCUT2D eigenvalue weighted by molar-refractivity contribution is 0.0686. The molecule has 0 saturated carbocycles. The van der Waals surface area contributed by atoms with Crippen LogP contribution in [0.5, 0.6) is 0 Å². The first-order valence-corrected chi connectivity index (χ1v) is 11.7. The molecule has 1 aromatic carbocycles. The van der Waals surface area contributed by atoms with Gasteiger partial charge in [-0.1, -0.05) is 58.8 Å². The van der Waals surface area contributed by atoms with Crippen LogP contribution in [0.3, 0.4) is 0 Å². The van der Waals surface area contributed by atoms with Crippen LogP contribution in [0.15, 0.2) is 22.4 Å². The Labute approximate surface area is 185 Å². The summed E-state index contributed by atoms with van der Waals surface area (Å²) in [5, 5.41) is 16.2.